The number of aromatic nitrogens is 3. The van der Waals surface area contributed by atoms with Crippen molar-refractivity contribution in [3.8, 4) is 5.82 Å². The molecule has 2 aromatic rings. The summed E-state index contributed by atoms with van der Waals surface area (Å²) in [6.07, 6.45) is 3.95. The zero-order chi connectivity index (χ0) is 18.9. The van der Waals surface area contributed by atoms with Crippen LogP contribution in [0.2, 0.25) is 0 Å². The summed E-state index contributed by atoms with van der Waals surface area (Å²) in [4.78, 5) is 28.7. The molecule has 0 saturated heterocycles. The summed E-state index contributed by atoms with van der Waals surface area (Å²) in [5.41, 5.74) is 1.00. The first-order valence-electron chi connectivity index (χ1n) is 8.86. The Morgan fingerprint density at radius 1 is 1.27 bits per heavy atom. The van der Waals surface area contributed by atoms with Crippen molar-refractivity contribution < 1.29 is 14.7 Å². The van der Waals surface area contributed by atoms with Crippen molar-refractivity contribution in [1.82, 2.24) is 20.1 Å². The molecule has 0 radical (unpaired) electrons. The van der Waals surface area contributed by atoms with Gasteiger partial charge in [-0.1, -0.05) is 6.92 Å². The lowest BCUT2D eigenvalue weighted by Crippen LogP contribution is -2.56. The van der Waals surface area contributed by atoms with E-state index < -0.39 is 17.4 Å². The molecular formula is C19H24N4O3. The largest absolute Gasteiger partial charge is 0.480 e. The second kappa shape index (κ2) is 6.90. The molecule has 1 fully saturated rings. The average Bonchev–Trinajstić information content (AvgIpc) is 2.95. The Bertz CT molecular complexity index is 818. The Hall–Kier alpha value is -2.70. The lowest BCUT2D eigenvalue weighted by Gasteiger charge is -2.36. The maximum atomic E-state index is 12.6. The van der Waals surface area contributed by atoms with Gasteiger partial charge in [-0.2, -0.15) is 5.10 Å². The van der Waals surface area contributed by atoms with Gasteiger partial charge in [-0.15, -0.1) is 0 Å². The van der Waals surface area contributed by atoms with Crippen molar-refractivity contribution in [1.29, 1.82) is 0 Å². The van der Waals surface area contributed by atoms with Crippen LogP contribution in [0.15, 0.2) is 24.4 Å². The van der Waals surface area contributed by atoms with E-state index in [0.717, 1.165) is 24.2 Å². The predicted octanol–water partition coefficient (Wildman–Crippen LogP) is 2.65. The van der Waals surface area contributed by atoms with Gasteiger partial charge in [0.25, 0.3) is 5.91 Å². The van der Waals surface area contributed by atoms with Crippen LogP contribution >= 0.6 is 0 Å². The fraction of sp³-hybridized carbons (Fsp3) is 0.474. The molecule has 2 heterocycles. The third kappa shape index (κ3) is 3.47. The number of aryl methyl sites for hydroxylation is 2. The molecule has 1 aliphatic carbocycles. The molecule has 7 nitrogen and oxygen atoms in total. The molecule has 7 heteroatoms. The van der Waals surface area contributed by atoms with E-state index in [2.05, 4.69) is 22.3 Å². The van der Waals surface area contributed by atoms with Gasteiger partial charge in [0.15, 0.2) is 5.82 Å². The molecule has 2 aromatic heterocycles. The Morgan fingerprint density at radius 3 is 2.46 bits per heavy atom. The average molecular weight is 356 g/mol. The predicted molar refractivity (Wildman–Crippen MR) is 96.3 cm³/mol. The van der Waals surface area contributed by atoms with Crippen LogP contribution in [0.4, 0.5) is 0 Å². The van der Waals surface area contributed by atoms with E-state index in [-0.39, 0.29) is 0 Å². The molecule has 0 bridgehead atoms. The van der Waals surface area contributed by atoms with E-state index in [0.29, 0.717) is 30.1 Å². The van der Waals surface area contributed by atoms with Crippen LogP contribution in [-0.2, 0) is 4.79 Å². The number of carbonyl (C=O) groups excluding carboxylic acids is 1. The van der Waals surface area contributed by atoms with Crippen LogP contribution in [0.5, 0.6) is 0 Å². The van der Waals surface area contributed by atoms with Crippen LogP contribution in [0.1, 0.15) is 54.4 Å². The standard InChI is InChI=1S/C19H24N4O3/c1-12-6-8-19(9-7-12,18(25)26)21-17(24)15-4-5-16(20-11-15)23-14(3)10-13(2)22-23/h4-5,10-12H,6-9H2,1-3H3,(H,21,24)(H,25,26). The Morgan fingerprint density at radius 2 is 1.96 bits per heavy atom. The van der Waals surface area contributed by atoms with Gasteiger partial charge in [0.2, 0.25) is 0 Å². The molecular weight excluding hydrogens is 332 g/mol. The van der Waals surface area contributed by atoms with Gasteiger partial charge < -0.3 is 10.4 Å². The second-order valence-corrected chi connectivity index (χ2v) is 7.27. The minimum Gasteiger partial charge on any atom is -0.480 e. The smallest absolute Gasteiger partial charge is 0.329 e. The van der Waals surface area contributed by atoms with Crippen molar-refractivity contribution in [2.75, 3.05) is 0 Å². The third-order valence-electron chi connectivity index (χ3n) is 5.13. The number of pyridine rings is 1. The summed E-state index contributed by atoms with van der Waals surface area (Å²) in [7, 11) is 0. The highest BCUT2D eigenvalue weighted by Crippen LogP contribution is 2.32. The van der Waals surface area contributed by atoms with Crippen molar-refractivity contribution in [3.63, 3.8) is 0 Å². The number of hydrogen-bond acceptors (Lipinski definition) is 4. The van der Waals surface area contributed by atoms with Crippen molar-refractivity contribution in [2.24, 2.45) is 5.92 Å². The van der Waals surface area contributed by atoms with Gasteiger partial charge in [0.1, 0.15) is 5.54 Å². The molecule has 0 atom stereocenters. The molecule has 1 amide bonds. The topological polar surface area (TPSA) is 97.1 Å². The molecule has 138 valence electrons. The first-order valence-corrected chi connectivity index (χ1v) is 8.86. The first kappa shape index (κ1) is 18.1. The second-order valence-electron chi connectivity index (χ2n) is 7.27. The highest BCUT2D eigenvalue weighted by atomic mass is 16.4. The van der Waals surface area contributed by atoms with E-state index in [1.807, 2.05) is 19.9 Å². The van der Waals surface area contributed by atoms with Gasteiger partial charge in [0, 0.05) is 11.9 Å². The fourth-order valence-electron chi connectivity index (χ4n) is 3.44. The number of amides is 1. The Kier molecular flexibility index (Phi) is 4.80. The molecule has 3 rings (SSSR count). The number of carbonyl (C=O) groups is 2. The van der Waals surface area contributed by atoms with Crippen molar-refractivity contribution in [3.05, 3.63) is 41.3 Å². The van der Waals surface area contributed by atoms with Gasteiger partial charge >= 0.3 is 5.97 Å². The summed E-state index contributed by atoms with van der Waals surface area (Å²) in [5, 5.41) is 16.8. The van der Waals surface area contributed by atoms with Crippen LogP contribution in [-0.4, -0.2) is 37.3 Å². The number of rotatable bonds is 4. The third-order valence-corrected chi connectivity index (χ3v) is 5.13. The molecule has 0 spiro atoms. The van der Waals surface area contributed by atoms with Crippen LogP contribution in [0.3, 0.4) is 0 Å². The monoisotopic (exact) mass is 356 g/mol. The molecule has 0 aromatic carbocycles. The summed E-state index contributed by atoms with van der Waals surface area (Å²) in [6.45, 7) is 5.94. The zero-order valence-electron chi connectivity index (χ0n) is 15.3. The van der Waals surface area contributed by atoms with Crippen LogP contribution < -0.4 is 5.32 Å². The number of nitrogens with zero attached hydrogens (tertiary/aromatic N) is 3. The molecule has 0 aliphatic heterocycles. The highest BCUT2D eigenvalue weighted by Gasteiger charge is 2.42. The Labute approximate surface area is 152 Å². The van der Waals surface area contributed by atoms with E-state index in [9.17, 15) is 14.7 Å². The van der Waals surface area contributed by atoms with E-state index in [1.54, 1.807) is 16.8 Å². The van der Waals surface area contributed by atoms with Gasteiger partial charge in [-0.3, -0.25) is 4.79 Å². The quantitative estimate of drug-likeness (QED) is 0.878. The molecule has 26 heavy (non-hydrogen) atoms. The zero-order valence-corrected chi connectivity index (χ0v) is 15.3. The number of hydrogen-bond donors (Lipinski definition) is 2. The number of nitrogens with one attached hydrogen (secondary N) is 1. The number of carboxylic acid groups (broad SMARTS) is 1. The highest BCUT2D eigenvalue weighted by molar-refractivity contribution is 5.97. The lowest BCUT2D eigenvalue weighted by atomic mass is 9.77. The van der Waals surface area contributed by atoms with Crippen molar-refractivity contribution in [2.45, 2.75) is 52.0 Å². The summed E-state index contributed by atoms with van der Waals surface area (Å²) >= 11 is 0. The molecule has 1 saturated carbocycles. The van der Waals surface area contributed by atoms with E-state index in [1.165, 1.54) is 6.20 Å². The molecule has 1 aliphatic rings. The lowest BCUT2D eigenvalue weighted by molar-refractivity contribution is -0.146. The number of aliphatic carboxylic acids is 1. The summed E-state index contributed by atoms with van der Waals surface area (Å²) < 4.78 is 1.71. The fourth-order valence-corrected chi connectivity index (χ4v) is 3.44. The van der Waals surface area contributed by atoms with E-state index >= 15 is 0 Å². The van der Waals surface area contributed by atoms with Crippen LogP contribution in [0, 0.1) is 19.8 Å². The van der Waals surface area contributed by atoms with Gasteiger partial charge in [-0.05, 0) is 63.6 Å². The summed E-state index contributed by atoms with van der Waals surface area (Å²) in [6, 6.07) is 5.31. The van der Waals surface area contributed by atoms with Gasteiger partial charge in [-0.25, -0.2) is 14.5 Å². The van der Waals surface area contributed by atoms with E-state index in [4.69, 9.17) is 0 Å². The SMILES string of the molecule is Cc1cc(C)n(-c2ccc(C(=O)NC3(C(=O)O)CCC(C)CC3)cn2)n1. The number of carboxylic acids is 1. The minimum absolute atomic E-state index is 0.342. The molecule has 0 unspecified atom stereocenters. The minimum atomic E-state index is -1.18. The maximum Gasteiger partial charge on any atom is 0.329 e. The maximum absolute atomic E-state index is 12.6. The van der Waals surface area contributed by atoms with Crippen molar-refractivity contribution >= 4 is 11.9 Å². The van der Waals surface area contributed by atoms with Gasteiger partial charge in [0.05, 0.1) is 11.3 Å². The van der Waals surface area contributed by atoms with Crippen LogP contribution in [0.25, 0.3) is 5.82 Å². The Balaban J connectivity index is 1.77. The molecule has 2 N–H and O–H groups in total. The first-order chi connectivity index (χ1) is 12.3. The normalized spacial score (nSPS) is 22.8. The summed E-state index contributed by atoms with van der Waals surface area (Å²) in [5.74, 6) is -0.271.